The first-order chi connectivity index (χ1) is 17.0. The van der Waals surface area contributed by atoms with Crippen LogP contribution in [0.5, 0.6) is 0 Å². The number of alkyl halides is 3. The molecule has 1 saturated carbocycles. The summed E-state index contributed by atoms with van der Waals surface area (Å²) >= 11 is 0. The fourth-order valence-corrected chi connectivity index (χ4v) is 4.70. The zero-order valence-electron chi connectivity index (χ0n) is 19.4. The van der Waals surface area contributed by atoms with Crippen molar-refractivity contribution >= 4 is 35.1 Å². The molecule has 2 aromatic rings. The van der Waals surface area contributed by atoms with Gasteiger partial charge in [-0.3, -0.25) is 19.3 Å². The highest BCUT2D eigenvalue weighted by atomic mass is 19.4. The van der Waals surface area contributed by atoms with Crippen LogP contribution in [-0.2, 0) is 15.8 Å². The van der Waals surface area contributed by atoms with E-state index in [0.717, 1.165) is 36.3 Å². The first kappa shape index (κ1) is 25.2. The third-order valence-electron chi connectivity index (χ3n) is 6.66. The van der Waals surface area contributed by atoms with Crippen LogP contribution in [0.15, 0.2) is 48.5 Å². The minimum absolute atomic E-state index is 0.0336. The van der Waals surface area contributed by atoms with Crippen molar-refractivity contribution in [1.82, 2.24) is 10.2 Å². The number of urea groups is 1. The summed E-state index contributed by atoms with van der Waals surface area (Å²) in [5, 5.41) is 7.74. The van der Waals surface area contributed by atoms with Gasteiger partial charge in [0.15, 0.2) is 0 Å². The Bertz CT molecular complexity index is 1220. The maximum Gasteiger partial charge on any atom is 0.416 e. The van der Waals surface area contributed by atoms with Crippen molar-refractivity contribution in [3.05, 3.63) is 59.7 Å². The molecule has 2 aromatic carbocycles. The van der Waals surface area contributed by atoms with E-state index in [1.165, 1.54) is 36.4 Å². The van der Waals surface area contributed by atoms with E-state index < -0.39 is 47.6 Å². The van der Waals surface area contributed by atoms with Crippen molar-refractivity contribution in [2.75, 3.05) is 17.2 Å². The highest BCUT2D eigenvalue weighted by molar-refractivity contribution is 6.10. The van der Waals surface area contributed by atoms with Gasteiger partial charge in [0.2, 0.25) is 5.91 Å². The predicted molar refractivity (Wildman–Crippen MR) is 125 cm³/mol. The molecule has 0 aromatic heterocycles. The lowest BCUT2D eigenvalue weighted by molar-refractivity contribution is -0.137. The van der Waals surface area contributed by atoms with E-state index in [1.54, 1.807) is 0 Å². The summed E-state index contributed by atoms with van der Waals surface area (Å²) in [6.45, 7) is 1.43. The zero-order chi connectivity index (χ0) is 26.1. The van der Waals surface area contributed by atoms with E-state index >= 15 is 0 Å². The Kier molecular flexibility index (Phi) is 6.75. The highest BCUT2D eigenvalue weighted by Gasteiger charge is 2.55. The largest absolute Gasteiger partial charge is 0.416 e. The molecule has 2 fully saturated rings. The number of anilines is 2. The number of rotatable bonds is 5. The number of amides is 5. The Morgan fingerprint density at radius 1 is 1.06 bits per heavy atom. The Morgan fingerprint density at radius 2 is 1.75 bits per heavy atom. The molecule has 1 heterocycles. The smallest absolute Gasteiger partial charge is 0.325 e. The van der Waals surface area contributed by atoms with Crippen LogP contribution in [0.3, 0.4) is 0 Å². The molecular formula is C25H25F3N4O4. The molecule has 190 valence electrons. The van der Waals surface area contributed by atoms with Crippen molar-refractivity contribution < 1.29 is 32.3 Å². The molecule has 2 aliphatic rings. The normalized spacial score (nSPS) is 21.9. The first-order valence-corrected chi connectivity index (χ1v) is 11.5. The highest BCUT2D eigenvalue weighted by Crippen LogP contribution is 2.38. The summed E-state index contributed by atoms with van der Waals surface area (Å²) in [6.07, 6.45) is -1.43. The fraction of sp³-hybridized carbons (Fsp3) is 0.360. The summed E-state index contributed by atoms with van der Waals surface area (Å²) in [5.74, 6) is -1.76. The average Bonchev–Trinajstić information content (AvgIpc) is 3.05. The quantitative estimate of drug-likeness (QED) is 0.527. The van der Waals surface area contributed by atoms with Crippen LogP contribution in [0.2, 0.25) is 0 Å². The van der Waals surface area contributed by atoms with E-state index in [0.29, 0.717) is 6.42 Å². The number of hydrogen-bond donors (Lipinski definition) is 3. The van der Waals surface area contributed by atoms with E-state index in [9.17, 15) is 32.3 Å². The van der Waals surface area contributed by atoms with Crippen LogP contribution in [0.4, 0.5) is 29.3 Å². The first-order valence-electron chi connectivity index (χ1n) is 11.5. The molecule has 2 atom stereocenters. The standard InChI is InChI=1S/C25H25F3N4O4/c1-15-6-2-3-11-24(15)22(35)32(23(36)31-24)14-20(33)29-18-9-4-7-16(12-18)21(34)30-19-10-5-8-17(13-19)25(26,27)28/h4-5,7-10,12-13,15H,2-3,6,11,14H2,1H3,(H,29,33)(H,30,34)(H,31,36)/t15-,24+/m0/s1. The van der Waals surface area contributed by atoms with Crippen molar-refractivity contribution in [2.45, 2.75) is 44.3 Å². The molecule has 3 N–H and O–H groups in total. The minimum Gasteiger partial charge on any atom is -0.325 e. The van der Waals surface area contributed by atoms with E-state index in [-0.39, 0.29) is 22.9 Å². The second-order valence-electron chi connectivity index (χ2n) is 9.10. The SMILES string of the molecule is C[C@H]1CCCC[C@@]12NC(=O)N(CC(=O)Nc1cccc(C(=O)Nc3cccc(C(F)(F)F)c3)c1)C2=O. The lowest BCUT2D eigenvalue weighted by Crippen LogP contribution is -2.54. The molecule has 1 aliphatic carbocycles. The van der Waals surface area contributed by atoms with Gasteiger partial charge >= 0.3 is 12.2 Å². The molecule has 5 amide bonds. The number of imide groups is 1. The van der Waals surface area contributed by atoms with Gasteiger partial charge in [-0.15, -0.1) is 0 Å². The van der Waals surface area contributed by atoms with Gasteiger partial charge in [0, 0.05) is 16.9 Å². The summed E-state index contributed by atoms with van der Waals surface area (Å²) in [5.41, 5.74) is -1.59. The Balaban J connectivity index is 1.40. The molecule has 0 bridgehead atoms. The van der Waals surface area contributed by atoms with Gasteiger partial charge in [-0.2, -0.15) is 13.2 Å². The van der Waals surface area contributed by atoms with Crippen LogP contribution in [0, 0.1) is 5.92 Å². The number of carbonyl (C=O) groups excluding carboxylic acids is 4. The second-order valence-corrected chi connectivity index (χ2v) is 9.10. The molecule has 11 heteroatoms. The molecule has 36 heavy (non-hydrogen) atoms. The third-order valence-corrected chi connectivity index (χ3v) is 6.66. The van der Waals surface area contributed by atoms with E-state index in [4.69, 9.17) is 0 Å². The molecule has 8 nitrogen and oxygen atoms in total. The van der Waals surface area contributed by atoms with Crippen LogP contribution in [0.1, 0.15) is 48.5 Å². The van der Waals surface area contributed by atoms with Gasteiger partial charge in [-0.25, -0.2) is 4.79 Å². The van der Waals surface area contributed by atoms with Gasteiger partial charge in [0.05, 0.1) is 5.56 Å². The van der Waals surface area contributed by atoms with Gasteiger partial charge in [-0.1, -0.05) is 31.9 Å². The number of halogens is 3. The Hall–Kier alpha value is -3.89. The monoisotopic (exact) mass is 502 g/mol. The number of nitrogens with zero attached hydrogens (tertiary/aromatic N) is 1. The van der Waals surface area contributed by atoms with Crippen molar-refractivity contribution in [1.29, 1.82) is 0 Å². The molecular weight excluding hydrogens is 477 g/mol. The second kappa shape index (κ2) is 9.63. The topological polar surface area (TPSA) is 108 Å². The molecule has 0 radical (unpaired) electrons. The lowest BCUT2D eigenvalue weighted by atomic mass is 9.73. The lowest BCUT2D eigenvalue weighted by Gasteiger charge is -2.36. The molecule has 1 spiro atoms. The van der Waals surface area contributed by atoms with Gasteiger partial charge in [-0.05, 0) is 55.2 Å². The van der Waals surface area contributed by atoms with Crippen molar-refractivity contribution in [2.24, 2.45) is 5.92 Å². The summed E-state index contributed by atoms with van der Waals surface area (Å²) in [6, 6.07) is 9.40. The molecule has 0 unspecified atom stereocenters. The van der Waals surface area contributed by atoms with Crippen LogP contribution in [-0.4, -0.2) is 40.7 Å². The third kappa shape index (κ3) is 5.05. The van der Waals surface area contributed by atoms with Crippen molar-refractivity contribution in [3.8, 4) is 0 Å². The molecule has 1 aliphatic heterocycles. The van der Waals surface area contributed by atoms with E-state index in [1.807, 2.05) is 6.92 Å². The molecule has 1 saturated heterocycles. The molecule has 4 rings (SSSR count). The number of hydrogen-bond acceptors (Lipinski definition) is 4. The summed E-state index contributed by atoms with van der Waals surface area (Å²) in [7, 11) is 0. The summed E-state index contributed by atoms with van der Waals surface area (Å²) < 4.78 is 38.8. The minimum atomic E-state index is -4.55. The van der Waals surface area contributed by atoms with Crippen LogP contribution < -0.4 is 16.0 Å². The Morgan fingerprint density at radius 3 is 2.44 bits per heavy atom. The Labute approximate surface area is 205 Å². The van der Waals surface area contributed by atoms with Gasteiger partial charge < -0.3 is 16.0 Å². The average molecular weight is 502 g/mol. The van der Waals surface area contributed by atoms with Crippen LogP contribution in [0.25, 0.3) is 0 Å². The maximum atomic E-state index is 13.0. The zero-order valence-corrected chi connectivity index (χ0v) is 19.4. The van der Waals surface area contributed by atoms with Gasteiger partial charge in [0.25, 0.3) is 11.8 Å². The predicted octanol–water partition coefficient (Wildman–Crippen LogP) is 4.40. The van der Waals surface area contributed by atoms with Crippen molar-refractivity contribution in [3.63, 3.8) is 0 Å². The number of nitrogens with one attached hydrogen (secondary N) is 3. The number of benzene rings is 2. The summed E-state index contributed by atoms with van der Waals surface area (Å²) in [4.78, 5) is 51.6. The van der Waals surface area contributed by atoms with Crippen LogP contribution >= 0.6 is 0 Å². The maximum absolute atomic E-state index is 13.0. The van der Waals surface area contributed by atoms with E-state index in [2.05, 4.69) is 16.0 Å². The fourth-order valence-electron chi connectivity index (χ4n) is 4.70. The van der Waals surface area contributed by atoms with Gasteiger partial charge in [0.1, 0.15) is 12.1 Å². The number of carbonyl (C=O) groups is 4.